The van der Waals surface area contributed by atoms with Crippen LogP contribution in [0.1, 0.15) is 30.6 Å². The van der Waals surface area contributed by atoms with E-state index in [1.54, 1.807) is 24.3 Å². The van der Waals surface area contributed by atoms with Gasteiger partial charge in [0.1, 0.15) is 5.75 Å². The van der Waals surface area contributed by atoms with Gasteiger partial charge in [0, 0.05) is 13.1 Å². The fraction of sp³-hybridized carbons (Fsp3) is 0.462. The molecule has 1 aromatic carbocycles. The van der Waals surface area contributed by atoms with Crippen molar-refractivity contribution in [3.8, 4) is 5.75 Å². The first kappa shape index (κ1) is 11.0. The number of likely N-dealkylation sites (tertiary alicyclic amines) is 1. The van der Waals surface area contributed by atoms with Gasteiger partial charge in [-0.3, -0.25) is 4.79 Å². The number of carbonyl (C=O) groups is 1. The first-order chi connectivity index (χ1) is 7.49. The molecule has 0 aromatic heterocycles. The molecule has 1 aliphatic rings. The van der Waals surface area contributed by atoms with Crippen molar-refractivity contribution in [3.05, 3.63) is 29.8 Å². The summed E-state index contributed by atoms with van der Waals surface area (Å²) < 4.78 is 0. The number of hydrogen-bond donors (Lipinski definition) is 1. The van der Waals surface area contributed by atoms with Gasteiger partial charge in [0.25, 0.3) is 5.91 Å². The number of aromatic hydroxyl groups is 1. The summed E-state index contributed by atoms with van der Waals surface area (Å²) in [5.74, 6) is 0.000816. The molecule has 1 aromatic rings. The fourth-order valence-corrected chi connectivity index (χ4v) is 2.11. The second kappa shape index (κ2) is 3.81. The van der Waals surface area contributed by atoms with Gasteiger partial charge in [-0.2, -0.15) is 0 Å². The third-order valence-corrected chi connectivity index (χ3v) is 3.10. The van der Waals surface area contributed by atoms with Gasteiger partial charge in [0.2, 0.25) is 0 Å². The lowest BCUT2D eigenvalue weighted by atomic mass is 9.93. The Kier molecular flexibility index (Phi) is 2.62. The summed E-state index contributed by atoms with van der Waals surface area (Å²) in [5.41, 5.74) is 0.597. The molecule has 1 N–H and O–H groups in total. The Labute approximate surface area is 95.7 Å². The molecule has 1 amide bonds. The summed E-state index contributed by atoms with van der Waals surface area (Å²) in [4.78, 5) is 13.9. The maximum Gasteiger partial charge on any atom is 0.257 e. The smallest absolute Gasteiger partial charge is 0.257 e. The molecule has 1 aliphatic heterocycles. The van der Waals surface area contributed by atoms with E-state index in [-0.39, 0.29) is 17.1 Å². The van der Waals surface area contributed by atoms with E-state index in [9.17, 15) is 9.90 Å². The number of para-hydroxylation sites is 1. The van der Waals surface area contributed by atoms with Crippen molar-refractivity contribution < 1.29 is 9.90 Å². The quantitative estimate of drug-likeness (QED) is 0.787. The van der Waals surface area contributed by atoms with Gasteiger partial charge in [-0.1, -0.05) is 26.0 Å². The third-order valence-electron chi connectivity index (χ3n) is 3.10. The molecule has 1 fully saturated rings. The molecule has 3 nitrogen and oxygen atoms in total. The highest BCUT2D eigenvalue weighted by Gasteiger charge is 2.32. The summed E-state index contributed by atoms with van der Waals surface area (Å²) >= 11 is 0. The Bertz CT molecular complexity index is 412. The molecule has 16 heavy (non-hydrogen) atoms. The molecule has 3 heteroatoms. The molecule has 0 unspecified atom stereocenters. The van der Waals surface area contributed by atoms with Crippen LogP contribution in [0.15, 0.2) is 24.3 Å². The second-order valence-electron chi connectivity index (χ2n) is 5.16. The van der Waals surface area contributed by atoms with Crippen LogP contribution in [0.2, 0.25) is 0 Å². The number of rotatable bonds is 1. The van der Waals surface area contributed by atoms with Crippen molar-refractivity contribution in [2.45, 2.75) is 20.3 Å². The van der Waals surface area contributed by atoms with E-state index < -0.39 is 0 Å². The van der Waals surface area contributed by atoms with Crippen LogP contribution in [0.25, 0.3) is 0 Å². The standard InChI is InChI=1S/C13H17NO2/c1-13(2)7-8-14(9-13)12(16)10-5-3-4-6-11(10)15/h3-6,15H,7-9H2,1-2H3. The van der Waals surface area contributed by atoms with Crippen LogP contribution in [-0.2, 0) is 0 Å². The Hall–Kier alpha value is -1.51. The molecule has 0 aliphatic carbocycles. The van der Waals surface area contributed by atoms with Gasteiger partial charge in [0.05, 0.1) is 5.56 Å². The molecule has 1 heterocycles. The largest absolute Gasteiger partial charge is 0.507 e. The maximum atomic E-state index is 12.1. The van der Waals surface area contributed by atoms with Gasteiger partial charge >= 0.3 is 0 Å². The molecule has 0 spiro atoms. The number of phenols is 1. The first-order valence-corrected chi connectivity index (χ1v) is 5.57. The summed E-state index contributed by atoms with van der Waals surface area (Å²) in [6, 6.07) is 6.71. The number of carbonyl (C=O) groups excluding carboxylic acids is 1. The highest BCUT2D eigenvalue weighted by atomic mass is 16.3. The van der Waals surface area contributed by atoms with E-state index in [2.05, 4.69) is 13.8 Å². The van der Waals surface area contributed by atoms with Crippen molar-refractivity contribution in [1.82, 2.24) is 4.90 Å². The minimum absolute atomic E-state index is 0.0660. The average Bonchev–Trinajstić information content (AvgIpc) is 2.59. The molecule has 1 saturated heterocycles. The number of nitrogens with zero attached hydrogens (tertiary/aromatic N) is 1. The van der Waals surface area contributed by atoms with Gasteiger partial charge < -0.3 is 10.0 Å². The van der Waals surface area contributed by atoms with Gasteiger partial charge in [0.15, 0.2) is 0 Å². The van der Waals surface area contributed by atoms with Gasteiger partial charge in [-0.15, -0.1) is 0 Å². The van der Waals surface area contributed by atoms with Crippen LogP contribution in [0.4, 0.5) is 0 Å². The van der Waals surface area contributed by atoms with E-state index in [0.717, 1.165) is 19.5 Å². The van der Waals surface area contributed by atoms with Crippen LogP contribution in [0, 0.1) is 5.41 Å². The fourth-order valence-electron chi connectivity index (χ4n) is 2.11. The monoisotopic (exact) mass is 219 g/mol. The van der Waals surface area contributed by atoms with Crippen LogP contribution in [0.3, 0.4) is 0 Å². The minimum Gasteiger partial charge on any atom is -0.507 e. The molecular weight excluding hydrogens is 202 g/mol. The topological polar surface area (TPSA) is 40.5 Å². The van der Waals surface area contributed by atoms with E-state index in [4.69, 9.17) is 0 Å². The van der Waals surface area contributed by atoms with E-state index in [0.29, 0.717) is 5.56 Å². The van der Waals surface area contributed by atoms with Crippen LogP contribution >= 0.6 is 0 Å². The second-order valence-corrected chi connectivity index (χ2v) is 5.16. The van der Waals surface area contributed by atoms with Gasteiger partial charge in [-0.05, 0) is 24.0 Å². The summed E-state index contributed by atoms with van der Waals surface area (Å²) in [7, 11) is 0. The SMILES string of the molecule is CC1(C)CCN(C(=O)c2ccccc2O)C1. The zero-order valence-corrected chi connectivity index (χ0v) is 9.73. The normalized spacial score (nSPS) is 18.8. The lowest BCUT2D eigenvalue weighted by Crippen LogP contribution is -2.30. The highest BCUT2D eigenvalue weighted by molar-refractivity contribution is 5.96. The third kappa shape index (κ3) is 2.03. The van der Waals surface area contributed by atoms with Crippen molar-refractivity contribution in [2.75, 3.05) is 13.1 Å². The Morgan fingerprint density at radius 1 is 1.38 bits per heavy atom. The zero-order valence-electron chi connectivity index (χ0n) is 9.73. The summed E-state index contributed by atoms with van der Waals surface area (Å²) in [6.07, 6.45) is 1.02. The molecule has 0 atom stereocenters. The molecule has 2 rings (SSSR count). The van der Waals surface area contributed by atoms with E-state index in [1.807, 2.05) is 4.90 Å². The first-order valence-electron chi connectivity index (χ1n) is 5.57. The molecule has 0 saturated carbocycles. The lowest BCUT2D eigenvalue weighted by Gasteiger charge is -2.20. The van der Waals surface area contributed by atoms with Crippen molar-refractivity contribution in [2.24, 2.45) is 5.41 Å². The summed E-state index contributed by atoms with van der Waals surface area (Å²) in [6.45, 7) is 5.86. The van der Waals surface area contributed by atoms with Gasteiger partial charge in [-0.25, -0.2) is 0 Å². The number of hydrogen-bond acceptors (Lipinski definition) is 2. The Balaban J connectivity index is 2.18. The van der Waals surface area contributed by atoms with Crippen LogP contribution in [-0.4, -0.2) is 29.0 Å². The lowest BCUT2D eigenvalue weighted by molar-refractivity contribution is 0.0775. The van der Waals surface area contributed by atoms with E-state index >= 15 is 0 Å². The van der Waals surface area contributed by atoms with Crippen LogP contribution < -0.4 is 0 Å². The molecular formula is C13H17NO2. The molecule has 86 valence electrons. The predicted octanol–water partition coefficient (Wildman–Crippen LogP) is 2.26. The number of amides is 1. The summed E-state index contributed by atoms with van der Waals surface area (Å²) in [5, 5.41) is 9.62. The predicted molar refractivity (Wildman–Crippen MR) is 62.4 cm³/mol. The van der Waals surface area contributed by atoms with Crippen molar-refractivity contribution in [1.29, 1.82) is 0 Å². The number of benzene rings is 1. The van der Waals surface area contributed by atoms with Crippen molar-refractivity contribution in [3.63, 3.8) is 0 Å². The van der Waals surface area contributed by atoms with Crippen LogP contribution in [0.5, 0.6) is 5.75 Å². The van der Waals surface area contributed by atoms with Crippen molar-refractivity contribution >= 4 is 5.91 Å². The number of phenolic OH excluding ortho intramolecular Hbond substituents is 1. The minimum atomic E-state index is -0.0660. The molecule has 0 radical (unpaired) electrons. The highest BCUT2D eigenvalue weighted by Crippen LogP contribution is 2.30. The Morgan fingerprint density at radius 2 is 2.06 bits per heavy atom. The van der Waals surface area contributed by atoms with E-state index in [1.165, 1.54) is 0 Å². The zero-order chi connectivity index (χ0) is 11.8. The Morgan fingerprint density at radius 3 is 2.62 bits per heavy atom. The molecule has 0 bridgehead atoms. The average molecular weight is 219 g/mol. The maximum absolute atomic E-state index is 12.1.